The molecule has 0 aliphatic carbocycles. The minimum atomic E-state index is -0.255. The van der Waals surface area contributed by atoms with Crippen molar-refractivity contribution in [2.45, 2.75) is 30.0 Å². The van der Waals surface area contributed by atoms with Gasteiger partial charge in [0.05, 0.1) is 0 Å². The van der Waals surface area contributed by atoms with Gasteiger partial charge in [-0.2, -0.15) is 0 Å². The van der Waals surface area contributed by atoms with Crippen molar-refractivity contribution in [1.82, 2.24) is 0 Å². The zero-order valence-corrected chi connectivity index (χ0v) is 9.56. The van der Waals surface area contributed by atoms with Gasteiger partial charge in [-0.05, 0) is 30.2 Å². The summed E-state index contributed by atoms with van der Waals surface area (Å²) in [6, 6.07) is 4.65. The Kier molecular flexibility index (Phi) is 5.08. The summed E-state index contributed by atoms with van der Waals surface area (Å²) in [5.74, 6) is -0.255. The van der Waals surface area contributed by atoms with Gasteiger partial charge >= 0.3 is 0 Å². The smallest absolute Gasteiger partial charge is 0.123 e. The van der Waals surface area contributed by atoms with Crippen molar-refractivity contribution < 1.29 is 9.50 Å². The Bertz CT molecular complexity index is 319. The number of halogens is 1. The maximum Gasteiger partial charge on any atom is 0.123 e. The minimum absolute atomic E-state index is 0.174. The number of aliphatic hydroxyl groups excluding tert-OH is 1. The number of rotatable bonds is 5. The summed E-state index contributed by atoms with van der Waals surface area (Å²) in [6.45, 7) is 2.55. The first-order chi connectivity index (χ1) is 7.17. The Morgan fingerprint density at radius 1 is 1.53 bits per heavy atom. The van der Waals surface area contributed by atoms with E-state index in [1.54, 1.807) is 17.8 Å². The number of nitrogens with two attached hydrogens (primary N) is 1. The van der Waals surface area contributed by atoms with Crippen LogP contribution in [0, 0.1) is 5.82 Å². The van der Waals surface area contributed by atoms with E-state index >= 15 is 0 Å². The van der Waals surface area contributed by atoms with Gasteiger partial charge in [0.25, 0.3) is 0 Å². The summed E-state index contributed by atoms with van der Waals surface area (Å²) in [6.07, 6.45) is 0.728. The van der Waals surface area contributed by atoms with Crippen LogP contribution >= 0.6 is 11.8 Å². The van der Waals surface area contributed by atoms with Gasteiger partial charge in [-0.25, -0.2) is 4.39 Å². The van der Waals surface area contributed by atoms with Gasteiger partial charge in [0.15, 0.2) is 0 Å². The van der Waals surface area contributed by atoms with Crippen LogP contribution in [0.2, 0.25) is 0 Å². The van der Waals surface area contributed by atoms with E-state index in [4.69, 9.17) is 10.8 Å². The molecule has 3 N–H and O–H groups in total. The molecular weight excluding hydrogens is 213 g/mol. The third-order valence-electron chi connectivity index (χ3n) is 2.11. The summed E-state index contributed by atoms with van der Waals surface area (Å²) >= 11 is 1.62. The van der Waals surface area contributed by atoms with E-state index in [1.807, 2.05) is 6.92 Å². The lowest BCUT2D eigenvalue weighted by Gasteiger charge is -2.12. The monoisotopic (exact) mass is 229 g/mol. The number of hydrogen-bond acceptors (Lipinski definition) is 3. The molecular formula is C11H16FNOS. The molecule has 15 heavy (non-hydrogen) atoms. The Labute approximate surface area is 93.7 Å². The van der Waals surface area contributed by atoms with Crippen molar-refractivity contribution in [2.75, 3.05) is 6.61 Å². The van der Waals surface area contributed by atoms with Gasteiger partial charge in [-0.3, -0.25) is 0 Å². The molecule has 1 atom stereocenters. The molecule has 84 valence electrons. The third-order valence-corrected chi connectivity index (χ3v) is 3.40. The second-order valence-electron chi connectivity index (χ2n) is 3.40. The molecule has 1 aromatic rings. The maximum absolute atomic E-state index is 12.9. The molecule has 0 amide bonds. The second-order valence-corrected chi connectivity index (χ2v) is 4.88. The fourth-order valence-electron chi connectivity index (χ4n) is 1.28. The molecule has 0 aliphatic heterocycles. The molecule has 0 saturated carbocycles. The number of benzene rings is 1. The molecule has 0 saturated heterocycles. The summed E-state index contributed by atoms with van der Waals surface area (Å²) < 4.78 is 12.9. The van der Waals surface area contributed by atoms with E-state index in [1.165, 1.54) is 12.1 Å². The number of hydrogen-bond donors (Lipinski definition) is 2. The van der Waals surface area contributed by atoms with Crippen LogP contribution in [0.5, 0.6) is 0 Å². The molecule has 4 heteroatoms. The number of aliphatic hydroxyl groups is 1. The molecule has 0 spiro atoms. The van der Waals surface area contributed by atoms with Crippen molar-refractivity contribution in [3.63, 3.8) is 0 Å². The second kappa shape index (κ2) is 6.10. The summed E-state index contributed by atoms with van der Waals surface area (Å²) in [5, 5.41) is 9.10. The van der Waals surface area contributed by atoms with Crippen molar-refractivity contribution in [1.29, 1.82) is 0 Å². The Morgan fingerprint density at radius 3 is 2.87 bits per heavy atom. The molecule has 2 nitrogen and oxygen atoms in total. The predicted molar refractivity (Wildman–Crippen MR) is 61.3 cm³/mol. The van der Waals surface area contributed by atoms with E-state index < -0.39 is 0 Å². The highest BCUT2D eigenvalue weighted by Crippen LogP contribution is 2.28. The standard InChI is InChI=1S/C11H16FNOS/c1-8(4-5-14)15-11-3-2-10(12)6-9(11)7-13/h2-3,6,8,14H,4-5,7,13H2,1H3. The molecule has 1 rings (SSSR count). The van der Waals surface area contributed by atoms with Crippen LogP contribution in [0.4, 0.5) is 4.39 Å². The van der Waals surface area contributed by atoms with E-state index in [9.17, 15) is 4.39 Å². The molecule has 0 radical (unpaired) electrons. The molecule has 0 fully saturated rings. The van der Waals surface area contributed by atoms with E-state index in [-0.39, 0.29) is 12.4 Å². The Morgan fingerprint density at radius 2 is 2.27 bits per heavy atom. The van der Waals surface area contributed by atoms with Crippen molar-refractivity contribution in [3.8, 4) is 0 Å². The van der Waals surface area contributed by atoms with Crippen LogP contribution in [0.15, 0.2) is 23.1 Å². The van der Waals surface area contributed by atoms with Crippen LogP contribution in [-0.2, 0) is 6.54 Å². The first-order valence-electron chi connectivity index (χ1n) is 4.93. The van der Waals surface area contributed by atoms with Crippen LogP contribution in [0.1, 0.15) is 18.9 Å². The lowest BCUT2D eigenvalue weighted by atomic mass is 10.2. The number of thioether (sulfide) groups is 1. The molecule has 0 aliphatic rings. The zero-order valence-electron chi connectivity index (χ0n) is 8.74. The summed E-state index contributed by atoms with van der Waals surface area (Å²) in [7, 11) is 0. The van der Waals surface area contributed by atoms with E-state index in [0.717, 1.165) is 16.9 Å². The molecule has 0 aromatic heterocycles. The topological polar surface area (TPSA) is 46.2 Å². The summed E-state index contributed by atoms with van der Waals surface area (Å²) in [5.41, 5.74) is 6.36. The van der Waals surface area contributed by atoms with Gasteiger partial charge in [0, 0.05) is 23.3 Å². The summed E-state index contributed by atoms with van der Waals surface area (Å²) in [4.78, 5) is 1.000. The lowest BCUT2D eigenvalue weighted by molar-refractivity contribution is 0.289. The molecule has 1 aromatic carbocycles. The third kappa shape index (κ3) is 3.81. The van der Waals surface area contributed by atoms with Gasteiger partial charge in [0.1, 0.15) is 5.82 Å². The van der Waals surface area contributed by atoms with Gasteiger partial charge in [0.2, 0.25) is 0 Å². The Hall–Kier alpha value is -0.580. The normalized spacial score (nSPS) is 12.8. The van der Waals surface area contributed by atoms with Crippen LogP contribution < -0.4 is 5.73 Å². The first kappa shape index (κ1) is 12.5. The molecule has 1 unspecified atom stereocenters. The highest BCUT2D eigenvalue weighted by Gasteiger charge is 2.08. The van der Waals surface area contributed by atoms with Crippen LogP contribution in [0.3, 0.4) is 0 Å². The SMILES string of the molecule is CC(CCO)Sc1ccc(F)cc1CN. The van der Waals surface area contributed by atoms with Crippen LogP contribution in [0.25, 0.3) is 0 Å². The fourth-order valence-corrected chi connectivity index (χ4v) is 2.38. The van der Waals surface area contributed by atoms with Gasteiger partial charge < -0.3 is 10.8 Å². The van der Waals surface area contributed by atoms with Crippen LogP contribution in [-0.4, -0.2) is 17.0 Å². The van der Waals surface area contributed by atoms with Gasteiger partial charge in [-0.15, -0.1) is 11.8 Å². The predicted octanol–water partition coefficient (Wildman–Crippen LogP) is 2.15. The highest BCUT2D eigenvalue weighted by molar-refractivity contribution is 8.00. The first-order valence-corrected chi connectivity index (χ1v) is 5.81. The van der Waals surface area contributed by atoms with Gasteiger partial charge in [-0.1, -0.05) is 6.92 Å². The van der Waals surface area contributed by atoms with E-state index in [2.05, 4.69) is 0 Å². The van der Waals surface area contributed by atoms with E-state index in [0.29, 0.717) is 11.8 Å². The maximum atomic E-state index is 12.9. The average molecular weight is 229 g/mol. The quantitative estimate of drug-likeness (QED) is 0.760. The Balaban J connectivity index is 2.75. The van der Waals surface area contributed by atoms with Crippen molar-refractivity contribution in [3.05, 3.63) is 29.6 Å². The lowest BCUT2D eigenvalue weighted by Crippen LogP contribution is -2.03. The molecule has 0 bridgehead atoms. The highest BCUT2D eigenvalue weighted by atomic mass is 32.2. The fraction of sp³-hybridized carbons (Fsp3) is 0.455. The molecule has 0 heterocycles. The average Bonchev–Trinajstić information content (AvgIpc) is 2.21. The van der Waals surface area contributed by atoms with Crippen molar-refractivity contribution >= 4 is 11.8 Å². The van der Waals surface area contributed by atoms with Crippen molar-refractivity contribution in [2.24, 2.45) is 5.73 Å². The largest absolute Gasteiger partial charge is 0.396 e. The minimum Gasteiger partial charge on any atom is -0.396 e. The zero-order chi connectivity index (χ0) is 11.3.